The van der Waals surface area contributed by atoms with Crippen molar-refractivity contribution in [1.82, 2.24) is 5.48 Å². The van der Waals surface area contributed by atoms with Gasteiger partial charge in [0.05, 0.1) is 0 Å². The average Bonchev–Trinajstić information content (AvgIpc) is 2.91. The zero-order valence-corrected chi connectivity index (χ0v) is 22.6. The molecule has 0 heterocycles. The van der Waals surface area contributed by atoms with Crippen LogP contribution in [0.5, 0.6) is 0 Å². The first kappa shape index (κ1) is 25.7. The van der Waals surface area contributed by atoms with Crippen molar-refractivity contribution in [1.29, 1.82) is 0 Å². The van der Waals surface area contributed by atoms with Gasteiger partial charge in [0.15, 0.2) is 0 Å². The summed E-state index contributed by atoms with van der Waals surface area (Å²) in [6.45, 7) is 2.80. The Balaban J connectivity index is 1.90. The highest BCUT2D eigenvalue weighted by atomic mass is 31.0. The molecule has 4 atom stereocenters. The molecule has 0 bridgehead atoms. The van der Waals surface area contributed by atoms with E-state index in [0.717, 1.165) is 19.4 Å². The molecule has 4 aromatic rings. The Morgan fingerprint density at radius 3 is 1.29 bits per heavy atom. The van der Waals surface area contributed by atoms with Crippen LogP contribution in [0.2, 0.25) is 0 Å². The Labute approximate surface area is 214 Å². The van der Waals surface area contributed by atoms with E-state index in [-0.39, 0.29) is 6.10 Å². The number of benzene rings is 4. The van der Waals surface area contributed by atoms with Gasteiger partial charge in [-0.05, 0) is 35.1 Å². The molecule has 0 saturated carbocycles. The first-order valence-corrected chi connectivity index (χ1v) is 13.4. The van der Waals surface area contributed by atoms with Gasteiger partial charge in [-0.1, -0.05) is 128 Å². The maximum atomic E-state index is 6.68. The van der Waals surface area contributed by atoms with Gasteiger partial charge in [-0.25, -0.2) is 5.48 Å². The van der Waals surface area contributed by atoms with E-state index in [2.05, 4.69) is 152 Å². The molecule has 0 aliphatic carbocycles. The minimum absolute atomic E-state index is 0.227. The Bertz CT molecular complexity index is 1070. The van der Waals surface area contributed by atoms with E-state index >= 15 is 0 Å². The quantitative estimate of drug-likeness (QED) is 0.179. The Hall–Kier alpha value is -2.34. The molecule has 4 heteroatoms. The van der Waals surface area contributed by atoms with E-state index in [4.69, 9.17) is 4.84 Å². The van der Waals surface area contributed by atoms with E-state index in [1.165, 1.54) is 22.3 Å². The smallest absolute Gasteiger partial charge is 0.106 e. The number of hydroxylamine groups is 1. The average molecular weight is 500 g/mol. The van der Waals surface area contributed by atoms with E-state index in [9.17, 15) is 0 Å². The summed E-state index contributed by atoms with van der Waals surface area (Å²) in [7, 11) is 6.43. The Morgan fingerprint density at radius 1 is 0.600 bits per heavy atom. The van der Waals surface area contributed by atoms with E-state index < -0.39 is 10.3 Å². The standard InChI is InChI=1S/C31H35NOP2/c1-2-32-33-29(30(34,27-19-11-5-12-20-27)23-25-15-7-3-8-16-25)31(35,28-21-13-6-14-22-28)24-26-17-9-4-10-18-26/h3-22,29,32H,2,23-24,34-35H2,1H3. The lowest BCUT2D eigenvalue weighted by Crippen LogP contribution is -2.52. The molecule has 2 nitrogen and oxygen atoms in total. The molecule has 0 aliphatic heterocycles. The summed E-state index contributed by atoms with van der Waals surface area (Å²) in [5.74, 6) is 0. The van der Waals surface area contributed by atoms with Gasteiger partial charge in [-0.2, -0.15) is 0 Å². The lowest BCUT2D eigenvalue weighted by atomic mass is 9.75. The predicted octanol–water partition coefficient (Wildman–Crippen LogP) is 6.92. The second kappa shape index (κ2) is 12.1. The number of hydrogen-bond donors (Lipinski definition) is 1. The third-order valence-corrected chi connectivity index (χ3v) is 8.26. The second-order valence-corrected chi connectivity index (χ2v) is 11.2. The summed E-state index contributed by atoms with van der Waals surface area (Å²) >= 11 is 0. The molecule has 180 valence electrons. The normalized spacial score (nSPS) is 15.6. The van der Waals surface area contributed by atoms with Crippen LogP contribution in [0.4, 0.5) is 0 Å². The van der Waals surface area contributed by atoms with Crippen LogP contribution < -0.4 is 5.48 Å². The molecule has 35 heavy (non-hydrogen) atoms. The third-order valence-electron chi connectivity index (χ3n) is 6.58. The van der Waals surface area contributed by atoms with Gasteiger partial charge in [0.25, 0.3) is 0 Å². The van der Waals surface area contributed by atoms with Crippen LogP contribution in [0.15, 0.2) is 121 Å². The van der Waals surface area contributed by atoms with Crippen LogP contribution in [-0.4, -0.2) is 12.6 Å². The van der Waals surface area contributed by atoms with Crippen LogP contribution >= 0.6 is 18.5 Å². The van der Waals surface area contributed by atoms with Crippen LogP contribution in [0.1, 0.15) is 29.2 Å². The molecule has 0 aliphatic rings. The molecule has 0 saturated heterocycles. The number of nitrogens with one attached hydrogen (secondary N) is 1. The maximum Gasteiger partial charge on any atom is 0.106 e. The summed E-state index contributed by atoms with van der Waals surface area (Å²) in [5.41, 5.74) is 8.25. The maximum absolute atomic E-state index is 6.68. The molecule has 0 aromatic heterocycles. The molecule has 0 fully saturated rings. The zero-order chi connectivity index (χ0) is 24.6. The molecule has 4 aromatic carbocycles. The summed E-state index contributed by atoms with van der Waals surface area (Å²) in [6, 6.07) is 42.9. The van der Waals surface area contributed by atoms with Gasteiger partial charge >= 0.3 is 0 Å². The lowest BCUT2D eigenvalue weighted by Gasteiger charge is -2.48. The second-order valence-electron chi connectivity index (χ2n) is 9.13. The zero-order valence-electron chi connectivity index (χ0n) is 20.3. The first-order chi connectivity index (χ1) is 17.1. The first-order valence-electron chi connectivity index (χ1n) is 12.2. The fraction of sp³-hybridized carbons (Fsp3) is 0.226. The van der Waals surface area contributed by atoms with Gasteiger partial charge in [-0.3, -0.25) is 4.84 Å². The summed E-state index contributed by atoms with van der Waals surface area (Å²) < 4.78 is 0. The van der Waals surface area contributed by atoms with Crippen molar-refractivity contribution >= 4 is 18.5 Å². The topological polar surface area (TPSA) is 21.3 Å². The molecule has 4 unspecified atom stereocenters. The minimum atomic E-state index is -0.406. The highest BCUT2D eigenvalue weighted by molar-refractivity contribution is 7.20. The van der Waals surface area contributed by atoms with E-state index in [0.29, 0.717) is 0 Å². The molecule has 0 radical (unpaired) electrons. The number of rotatable bonds is 11. The van der Waals surface area contributed by atoms with Gasteiger partial charge in [0, 0.05) is 16.9 Å². The fourth-order valence-corrected chi connectivity index (χ4v) is 6.67. The Kier molecular flexibility index (Phi) is 8.88. The summed E-state index contributed by atoms with van der Waals surface area (Å²) in [4.78, 5) is 6.68. The summed E-state index contributed by atoms with van der Waals surface area (Å²) in [5, 5.41) is -0.811. The van der Waals surface area contributed by atoms with Crippen LogP contribution in [0.25, 0.3) is 0 Å². The van der Waals surface area contributed by atoms with Crippen molar-refractivity contribution < 1.29 is 4.84 Å². The highest BCUT2D eigenvalue weighted by Crippen LogP contribution is 2.52. The van der Waals surface area contributed by atoms with Gasteiger partial charge < -0.3 is 0 Å². The van der Waals surface area contributed by atoms with Crippen molar-refractivity contribution in [2.75, 3.05) is 6.54 Å². The largest absolute Gasteiger partial charge is 0.296 e. The number of hydrogen-bond acceptors (Lipinski definition) is 2. The summed E-state index contributed by atoms with van der Waals surface area (Å²) in [6.07, 6.45) is 1.40. The molecule has 0 amide bonds. The molecule has 4 rings (SSSR count). The van der Waals surface area contributed by atoms with E-state index in [1.54, 1.807) is 0 Å². The fourth-order valence-electron chi connectivity index (χ4n) is 4.89. The minimum Gasteiger partial charge on any atom is -0.296 e. The van der Waals surface area contributed by atoms with Crippen molar-refractivity contribution in [3.8, 4) is 0 Å². The SMILES string of the molecule is CCNOC(C(P)(Cc1ccccc1)c1ccccc1)C(P)(Cc1ccccc1)c1ccccc1. The lowest BCUT2D eigenvalue weighted by molar-refractivity contribution is -0.0672. The van der Waals surface area contributed by atoms with Gasteiger partial charge in [0.1, 0.15) is 6.10 Å². The van der Waals surface area contributed by atoms with Crippen LogP contribution in [-0.2, 0) is 28.0 Å². The van der Waals surface area contributed by atoms with Crippen molar-refractivity contribution in [2.24, 2.45) is 0 Å². The van der Waals surface area contributed by atoms with Crippen LogP contribution in [0, 0.1) is 0 Å². The monoisotopic (exact) mass is 499 g/mol. The Morgan fingerprint density at radius 2 is 0.943 bits per heavy atom. The van der Waals surface area contributed by atoms with Crippen molar-refractivity contribution in [3.05, 3.63) is 144 Å². The van der Waals surface area contributed by atoms with Gasteiger partial charge in [0.2, 0.25) is 0 Å². The highest BCUT2D eigenvalue weighted by Gasteiger charge is 2.50. The van der Waals surface area contributed by atoms with Crippen molar-refractivity contribution in [2.45, 2.75) is 36.2 Å². The third kappa shape index (κ3) is 6.08. The van der Waals surface area contributed by atoms with Crippen LogP contribution in [0.3, 0.4) is 0 Å². The predicted molar refractivity (Wildman–Crippen MR) is 155 cm³/mol. The molecule has 1 N–H and O–H groups in total. The van der Waals surface area contributed by atoms with Crippen molar-refractivity contribution in [3.63, 3.8) is 0 Å². The molecule has 0 spiro atoms. The van der Waals surface area contributed by atoms with E-state index in [1.807, 2.05) is 0 Å². The molecular formula is C31H35NOP2. The van der Waals surface area contributed by atoms with Gasteiger partial charge in [-0.15, -0.1) is 18.5 Å². The molecular weight excluding hydrogens is 464 g/mol.